The third kappa shape index (κ3) is 2.01. The summed E-state index contributed by atoms with van der Waals surface area (Å²) in [6.07, 6.45) is 1.52. The first-order valence-corrected chi connectivity index (χ1v) is 4.79. The lowest BCUT2D eigenvalue weighted by atomic mass is 10.1. The van der Waals surface area contributed by atoms with Crippen LogP contribution in [-0.2, 0) is 5.54 Å². The summed E-state index contributed by atoms with van der Waals surface area (Å²) in [7, 11) is 0. The van der Waals surface area contributed by atoms with Crippen LogP contribution in [0.1, 0.15) is 19.7 Å². The largest absolute Gasteiger partial charge is 0.334 e. The first kappa shape index (κ1) is 10.6. The maximum absolute atomic E-state index is 11.1. The van der Waals surface area contributed by atoms with E-state index in [4.69, 9.17) is 10.3 Å². The Hall–Kier alpha value is -1.95. The van der Waals surface area contributed by atoms with Gasteiger partial charge in [0.2, 0.25) is 5.56 Å². The highest BCUT2D eigenvalue weighted by Crippen LogP contribution is 2.19. The second-order valence-corrected chi connectivity index (χ2v) is 4.09. The van der Waals surface area contributed by atoms with E-state index in [0.29, 0.717) is 17.3 Å². The van der Waals surface area contributed by atoms with Crippen LogP contribution in [0.15, 0.2) is 27.6 Å². The number of nitrogens with two attached hydrogens (primary N) is 1. The van der Waals surface area contributed by atoms with Crippen LogP contribution in [0.3, 0.4) is 0 Å². The number of hydrogen-bond acceptors (Lipinski definition) is 5. The lowest BCUT2D eigenvalue weighted by Gasteiger charge is -2.11. The molecule has 0 spiro atoms. The summed E-state index contributed by atoms with van der Waals surface area (Å²) >= 11 is 0. The SMILES string of the molecule is CC(C)(N)c1noc(-c2cc[nH]c(=O)c2)n1. The quantitative estimate of drug-likeness (QED) is 0.773. The number of H-pyrrole nitrogens is 1. The smallest absolute Gasteiger partial charge is 0.258 e. The van der Waals surface area contributed by atoms with Crippen LogP contribution >= 0.6 is 0 Å². The molecule has 2 heterocycles. The molecule has 6 heteroatoms. The van der Waals surface area contributed by atoms with Crippen molar-refractivity contribution in [2.75, 3.05) is 0 Å². The Morgan fingerprint density at radius 1 is 1.50 bits per heavy atom. The predicted molar refractivity (Wildman–Crippen MR) is 57.6 cm³/mol. The van der Waals surface area contributed by atoms with Crippen LogP contribution in [-0.4, -0.2) is 15.1 Å². The van der Waals surface area contributed by atoms with Gasteiger partial charge in [-0.3, -0.25) is 4.79 Å². The van der Waals surface area contributed by atoms with Gasteiger partial charge in [-0.2, -0.15) is 4.98 Å². The highest BCUT2D eigenvalue weighted by atomic mass is 16.5. The molecule has 0 saturated carbocycles. The van der Waals surface area contributed by atoms with E-state index >= 15 is 0 Å². The summed E-state index contributed by atoms with van der Waals surface area (Å²) in [5, 5.41) is 3.77. The number of nitrogens with zero attached hydrogens (tertiary/aromatic N) is 2. The summed E-state index contributed by atoms with van der Waals surface area (Å²) in [5.41, 5.74) is 5.52. The van der Waals surface area contributed by atoms with Crippen molar-refractivity contribution in [3.63, 3.8) is 0 Å². The Morgan fingerprint density at radius 2 is 2.25 bits per heavy atom. The van der Waals surface area contributed by atoms with E-state index in [2.05, 4.69) is 15.1 Å². The summed E-state index contributed by atoms with van der Waals surface area (Å²) in [6, 6.07) is 3.07. The molecule has 0 atom stereocenters. The Kier molecular flexibility index (Phi) is 2.35. The van der Waals surface area contributed by atoms with Gasteiger partial charge in [0.1, 0.15) is 0 Å². The van der Waals surface area contributed by atoms with E-state index in [1.807, 2.05) is 0 Å². The molecule has 0 aliphatic rings. The van der Waals surface area contributed by atoms with Crippen LogP contribution in [0.25, 0.3) is 11.5 Å². The van der Waals surface area contributed by atoms with E-state index in [1.54, 1.807) is 19.9 Å². The van der Waals surface area contributed by atoms with Crippen molar-refractivity contribution in [3.8, 4) is 11.5 Å². The van der Waals surface area contributed by atoms with Crippen LogP contribution in [0.2, 0.25) is 0 Å². The maximum atomic E-state index is 11.1. The van der Waals surface area contributed by atoms with E-state index in [0.717, 1.165) is 0 Å². The lowest BCUT2D eigenvalue weighted by Crippen LogP contribution is -2.30. The zero-order valence-electron chi connectivity index (χ0n) is 9.02. The minimum absolute atomic E-state index is 0.218. The molecule has 84 valence electrons. The highest BCUT2D eigenvalue weighted by Gasteiger charge is 2.21. The lowest BCUT2D eigenvalue weighted by molar-refractivity contribution is 0.397. The Balaban J connectivity index is 2.43. The summed E-state index contributed by atoms with van der Waals surface area (Å²) < 4.78 is 5.04. The second kappa shape index (κ2) is 3.57. The fraction of sp³-hybridized carbons (Fsp3) is 0.300. The average molecular weight is 220 g/mol. The zero-order chi connectivity index (χ0) is 11.8. The Labute approximate surface area is 91.5 Å². The standard InChI is InChI=1S/C10H12N4O2/c1-10(2,11)9-13-8(16-14-9)6-3-4-12-7(15)5-6/h3-5H,11H2,1-2H3,(H,12,15). The average Bonchev–Trinajstić information content (AvgIpc) is 2.65. The van der Waals surface area contributed by atoms with Crippen molar-refractivity contribution in [1.82, 2.24) is 15.1 Å². The van der Waals surface area contributed by atoms with Crippen molar-refractivity contribution in [3.05, 3.63) is 34.5 Å². The molecule has 0 radical (unpaired) electrons. The number of aromatic nitrogens is 3. The summed E-state index contributed by atoms with van der Waals surface area (Å²) in [6.45, 7) is 3.55. The second-order valence-electron chi connectivity index (χ2n) is 4.09. The first-order valence-electron chi connectivity index (χ1n) is 4.79. The minimum Gasteiger partial charge on any atom is -0.334 e. The zero-order valence-corrected chi connectivity index (χ0v) is 9.02. The highest BCUT2D eigenvalue weighted by molar-refractivity contribution is 5.51. The van der Waals surface area contributed by atoms with Gasteiger partial charge >= 0.3 is 0 Å². The van der Waals surface area contributed by atoms with Gasteiger partial charge in [-0.1, -0.05) is 5.16 Å². The number of nitrogens with one attached hydrogen (secondary N) is 1. The van der Waals surface area contributed by atoms with Gasteiger partial charge in [0, 0.05) is 17.8 Å². The third-order valence-electron chi connectivity index (χ3n) is 2.02. The van der Waals surface area contributed by atoms with Crippen LogP contribution in [0, 0.1) is 0 Å². The molecular weight excluding hydrogens is 208 g/mol. The van der Waals surface area contributed by atoms with Crippen molar-refractivity contribution in [2.45, 2.75) is 19.4 Å². The number of hydrogen-bond donors (Lipinski definition) is 2. The molecule has 0 aromatic carbocycles. The third-order valence-corrected chi connectivity index (χ3v) is 2.02. The molecule has 6 nitrogen and oxygen atoms in total. The van der Waals surface area contributed by atoms with E-state index in [-0.39, 0.29) is 5.56 Å². The van der Waals surface area contributed by atoms with Gasteiger partial charge in [0.15, 0.2) is 5.82 Å². The topological polar surface area (TPSA) is 97.8 Å². The maximum Gasteiger partial charge on any atom is 0.258 e. The van der Waals surface area contributed by atoms with Crippen LogP contribution in [0.5, 0.6) is 0 Å². The minimum atomic E-state index is -0.664. The van der Waals surface area contributed by atoms with Gasteiger partial charge in [-0.15, -0.1) is 0 Å². The molecule has 0 bridgehead atoms. The molecule has 0 fully saturated rings. The van der Waals surface area contributed by atoms with Gasteiger partial charge in [0.05, 0.1) is 5.54 Å². The van der Waals surface area contributed by atoms with Gasteiger partial charge in [0.25, 0.3) is 5.89 Å². The predicted octanol–water partition coefficient (Wildman–Crippen LogP) is 0.619. The van der Waals surface area contributed by atoms with Gasteiger partial charge in [-0.25, -0.2) is 0 Å². The molecule has 2 aromatic rings. The Bertz CT molecular complexity index is 550. The number of rotatable bonds is 2. The van der Waals surface area contributed by atoms with Crippen molar-refractivity contribution >= 4 is 0 Å². The summed E-state index contributed by atoms with van der Waals surface area (Å²) in [5.74, 6) is 0.697. The molecular formula is C10H12N4O2. The van der Waals surface area contributed by atoms with E-state index in [9.17, 15) is 4.79 Å². The number of pyridine rings is 1. The normalized spacial score (nSPS) is 11.7. The summed E-state index contributed by atoms with van der Waals surface area (Å²) in [4.78, 5) is 17.7. The van der Waals surface area contributed by atoms with Gasteiger partial charge < -0.3 is 15.2 Å². The van der Waals surface area contributed by atoms with Crippen molar-refractivity contribution < 1.29 is 4.52 Å². The molecule has 0 amide bonds. The monoisotopic (exact) mass is 220 g/mol. The molecule has 0 unspecified atom stereocenters. The van der Waals surface area contributed by atoms with Crippen LogP contribution in [0.4, 0.5) is 0 Å². The van der Waals surface area contributed by atoms with Crippen LogP contribution < -0.4 is 11.3 Å². The van der Waals surface area contributed by atoms with Gasteiger partial charge in [-0.05, 0) is 19.9 Å². The molecule has 0 aliphatic heterocycles. The fourth-order valence-electron chi connectivity index (χ4n) is 1.18. The molecule has 3 N–H and O–H groups in total. The molecule has 2 rings (SSSR count). The molecule has 0 saturated heterocycles. The van der Waals surface area contributed by atoms with E-state index in [1.165, 1.54) is 12.3 Å². The molecule has 2 aromatic heterocycles. The van der Waals surface area contributed by atoms with E-state index < -0.39 is 5.54 Å². The Morgan fingerprint density at radius 3 is 2.81 bits per heavy atom. The fourth-order valence-corrected chi connectivity index (χ4v) is 1.18. The first-order chi connectivity index (χ1) is 7.47. The number of aromatic amines is 1. The molecule has 16 heavy (non-hydrogen) atoms. The molecule has 0 aliphatic carbocycles. The van der Waals surface area contributed by atoms with Crippen molar-refractivity contribution in [1.29, 1.82) is 0 Å². The van der Waals surface area contributed by atoms with Crippen molar-refractivity contribution in [2.24, 2.45) is 5.73 Å².